The van der Waals surface area contributed by atoms with Gasteiger partial charge in [-0.1, -0.05) is 6.07 Å². The molecule has 0 saturated carbocycles. The quantitative estimate of drug-likeness (QED) is 0.509. The molecule has 2 rings (SSSR count). The maximum Gasteiger partial charge on any atom is 0.314 e. The van der Waals surface area contributed by atoms with Gasteiger partial charge in [0, 0.05) is 19.8 Å². The Morgan fingerprint density at radius 3 is 2.48 bits per heavy atom. The number of hydrogen-bond acceptors (Lipinski definition) is 7. The van der Waals surface area contributed by atoms with Crippen LogP contribution in [0.25, 0.3) is 0 Å². The van der Waals surface area contributed by atoms with Crippen molar-refractivity contribution in [3.63, 3.8) is 0 Å². The molecule has 0 radical (unpaired) electrons. The second-order valence-corrected chi connectivity index (χ2v) is 8.31. The van der Waals surface area contributed by atoms with Crippen LogP contribution in [0, 0.1) is 10.1 Å². The zero-order valence-corrected chi connectivity index (χ0v) is 17.1. The Morgan fingerprint density at radius 1 is 1.21 bits per heavy atom. The van der Waals surface area contributed by atoms with Gasteiger partial charge in [0.1, 0.15) is 5.75 Å². The van der Waals surface area contributed by atoms with Crippen LogP contribution in [0.15, 0.2) is 47.4 Å². The molecule has 0 aliphatic heterocycles. The van der Waals surface area contributed by atoms with E-state index in [0.717, 1.165) is 4.31 Å². The number of nitrogens with one attached hydrogen (secondary N) is 1. The second kappa shape index (κ2) is 8.88. The van der Waals surface area contributed by atoms with Gasteiger partial charge in [-0.25, -0.2) is 12.7 Å². The Balaban J connectivity index is 2.18. The summed E-state index contributed by atoms with van der Waals surface area (Å²) in [5, 5.41) is 13.8. The van der Waals surface area contributed by atoms with Crippen LogP contribution < -0.4 is 14.8 Å². The highest BCUT2D eigenvalue weighted by molar-refractivity contribution is 7.89. The topological polar surface area (TPSA) is 128 Å². The maximum atomic E-state index is 12.4. The van der Waals surface area contributed by atoms with Crippen LogP contribution in [0.5, 0.6) is 11.5 Å². The van der Waals surface area contributed by atoms with Crippen molar-refractivity contribution in [3.05, 3.63) is 52.6 Å². The fourth-order valence-electron chi connectivity index (χ4n) is 2.30. The van der Waals surface area contributed by atoms with Crippen molar-refractivity contribution >= 4 is 27.3 Å². The molecule has 2 aromatic rings. The lowest BCUT2D eigenvalue weighted by Gasteiger charge is -2.16. The third-order valence-electron chi connectivity index (χ3n) is 3.92. The van der Waals surface area contributed by atoms with E-state index in [9.17, 15) is 23.3 Å². The molecule has 156 valence electrons. The molecule has 1 unspecified atom stereocenters. The third kappa shape index (κ3) is 5.21. The molecule has 0 spiro atoms. The molecule has 0 heterocycles. The minimum absolute atomic E-state index is 0.0136. The summed E-state index contributed by atoms with van der Waals surface area (Å²) in [4.78, 5) is 23.0. The van der Waals surface area contributed by atoms with Crippen molar-refractivity contribution in [1.82, 2.24) is 4.31 Å². The SMILES string of the molecule is COc1ccc(OC(C)C(=O)Nc2cccc(S(=O)(=O)N(C)C)c2)c([N+](=O)[O-])c1. The van der Waals surface area contributed by atoms with Crippen LogP contribution in [-0.2, 0) is 14.8 Å². The number of hydrogen-bond donors (Lipinski definition) is 1. The molecule has 0 saturated heterocycles. The van der Waals surface area contributed by atoms with Crippen LogP contribution in [0.3, 0.4) is 0 Å². The Labute approximate surface area is 168 Å². The van der Waals surface area contributed by atoms with Gasteiger partial charge in [0.25, 0.3) is 5.91 Å². The number of anilines is 1. The molecule has 29 heavy (non-hydrogen) atoms. The summed E-state index contributed by atoms with van der Waals surface area (Å²) in [6.45, 7) is 1.42. The summed E-state index contributed by atoms with van der Waals surface area (Å²) in [7, 11) is 0.516. The lowest BCUT2D eigenvalue weighted by molar-refractivity contribution is -0.386. The van der Waals surface area contributed by atoms with Crippen molar-refractivity contribution in [2.24, 2.45) is 0 Å². The number of benzene rings is 2. The van der Waals surface area contributed by atoms with Gasteiger partial charge in [-0.3, -0.25) is 14.9 Å². The fourth-order valence-corrected chi connectivity index (χ4v) is 3.25. The van der Waals surface area contributed by atoms with Gasteiger partial charge in [0.05, 0.1) is 23.0 Å². The van der Waals surface area contributed by atoms with E-state index in [4.69, 9.17) is 9.47 Å². The van der Waals surface area contributed by atoms with Crippen molar-refractivity contribution in [3.8, 4) is 11.5 Å². The summed E-state index contributed by atoms with van der Waals surface area (Å²) in [5.74, 6) is -0.419. The second-order valence-electron chi connectivity index (χ2n) is 6.16. The lowest BCUT2D eigenvalue weighted by Crippen LogP contribution is -2.30. The summed E-state index contributed by atoms with van der Waals surface area (Å²) < 4.78 is 35.9. The lowest BCUT2D eigenvalue weighted by atomic mass is 10.2. The minimum atomic E-state index is -3.66. The van der Waals surface area contributed by atoms with Crippen LogP contribution in [0.2, 0.25) is 0 Å². The Hall–Kier alpha value is -3.18. The Bertz CT molecular complexity index is 1020. The number of carbonyl (C=O) groups is 1. The van der Waals surface area contributed by atoms with Crippen LogP contribution in [-0.4, -0.2) is 50.9 Å². The van der Waals surface area contributed by atoms with Crippen LogP contribution >= 0.6 is 0 Å². The van der Waals surface area contributed by atoms with Gasteiger partial charge in [0.15, 0.2) is 11.9 Å². The summed E-state index contributed by atoms with van der Waals surface area (Å²) in [5.41, 5.74) is -0.0966. The molecule has 1 atom stereocenters. The van der Waals surface area contributed by atoms with E-state index >= 15 is 0 Å². The van der Waals surface area contributed by atoms with Crippen molar-refractivity contribution in [1.29, 1.82) is 0 Å². The predicted octanol–water partition coefficient (Wildman–Crippen LogP) is 2.26. The molecule has 0 aliphatic carbocycles. The number of amides is 1. The van der Waals surface area contributed by atoms with Gasteiger partial charge in [-0.2, -0.15) is 0 Å². The van der Waals surface area contributed by atoms with E-state index in [1.165, 1.54) is 70.6 Å². The normalized spacial score (nSPS) is 12.3. The van der Waals surface area contributed by atoms with E-state index in [1.807, 2.05) is 0 Å². The number of methoxy groups -OCH3 is 1. The molecule has 0 aromatic heterocycles. The Morgan fingerprint density at radius 2 is 1.90 bits per heavy atom. The zero-order valence-electron chi connectivity index (χ0n) is 16.3. The van der Waals surface area contributed by atoms with E-state index < -0.39 is 27.0 Å². The highest BCUT2D eigenvalue weighted by Gasteiger charge is 2.23. The summed E-state index contributed by atoms with van der Waals surface area (Å²) in [6, 6.07) is 9.74. The predicted molar refractivity (Wildman–Crippen MR) is 106 cm³/mol. The molecule has 1 N–H and O–H groups in total. The van der Waals surface area contributed by atoms with Crippen molar-refractivity contribution in [2.45, 2.75) is 17.9 Å². The van der Waals surface area contributed by atoms with E-state index in [0.29, 0.717) is 0 Å². The first-order valence-corrected chi connectivity index (χ1v) is 9.83. The first kappa shape index (κ1) is 22.1. The minimum Gasteiger partial charge on any atom is -0.496 e. The van der Waals surface area contributed by atoms with E-state index in [-0.39, 0.29) is 27.8 Å². The number of rotatable bonds is 8. The van der Waals surface area contributed by atoms with Gasteiger partial charge in [-0.05, 0) is 37.3 Å². The van der Waals surface area contributed by atoms with Crippen molar-refractivity contribution < 1.29 is 27.6 Å². The average Bonchev–Trinajstić information content (AvgIpc) is 2.68. The smallest absolute Gasteiger partial charge is 0.314 e. The first-order chi connectivity index (χ1) is 13.6. The van der Waals surface area contributed by atoms with Gasteiger partial charge in [0.2, 0.25) is 10.0 Å². The largest absolute Gasteiger partial charge is 0.496 e. The highest BCUT2D eigenvalue weighted by atomic mass is 32.2. The molecule has 2 aromatic carbocycles. The molecule has 11 heteroatoms. The molecule has 0 fully saturated rings. The van der Waals surface area contributed by atoms with Gasteiger partial charge >= 0.3 is 5.69 Å². The fraction of sp³-hybridized carbons (Fsp3) is 0.278. The maximum absolute atomic E-state index is 12.4. The Kier molecular flexibility index (Phi) is 6.77. The van der Waals surface area contributed by atoms with E-state index in [1.54, 1.807) is 0 Å². The van der Waals surface area contributed by atoms with Gasteiger partial charge < -0.3 is 14.8 Å². The summed E-state index contributed by atoms with van der Waals surface area (Å²) >= 11 is 0. The number of nitrogens with zero attached hydrogens (tertiary/aromatic N) is 2. The van der Waals surface area contributed by atoms with Crippen LogP contribution in [0.4, 0.5) is 11.4 Å². The monoisotopic (exact) mass is 423 g/mol. The number of sulfonamides is 1. The molecule has 0 bridgehead atoms. The number of ether oxygens (including phenoxy) is 2. The average molecular weight is 423 g/mol. The number of carbonyl (C=O) groups excluding carboxylic acids is 1. The first-order valence-electron chi connectivity index (χ1n) is 8.38. The van der Waals surface area contributed by atoms with E-state index in [2.05, 4.69) is 5.32 Å². The standard InChI is InChI=1S/C18H21N3O7S/c1-12(28-17-9-8-14(27-4)11-16(17)21(23)24)18(22)19-13-6-5-7-15(10-13)29(25,26)20(2)3/h5-12H,1-4H3,(H,19,22). The molecule has 1 amide bonds. The molecular formula is C18H21N3O7S. The third-order valence-corrected chi connectivity index (χ3v) is 5.73. The molecule has 0 aliphatic rings. The number of nitro groups is 1. The van der Waals surface area contributed by atoms with Crippen molar-refractivity contribution in [2.75, 3.05) is 26.5 Å². The highest BCUT2D eigenvalue weighted by Crippen LogP contribution is 2.31. The molecular weight excluding hydrogens is 402 g/mol. The van der Waals surface area contributed by atoms with Crippen LogP contribution in [0.1, 0.15) is 6.92 Å². The molecule has 10 nitrogen and oxygen atoms in total. The number of nitro benzene ring substituents is 1. The zero-order chi connectivity index (χ0) is 21.8. The van der Waals surface area contributed by atoms with Gasteiger partial charge in [-0.15, -0.1) is 0 Å². The summed E-state index contributed by atoms with van der Waals surface area (Å²) in [6.07, 6.45) is -1.09.